The largest absolute Gasteiger partial charge is 0.459 e. The fourth-order valence-corrected chi connectivity index (χ4v) is 3.61. The highest BCUT2D eigenvalue weighted by Gasteiger charge is 2.34. The summed E-state index contributed by atoms with van der Waals surface area (Å²) in [5, 5.41) is 4.55. The molecule has 3 rings (SSSR count). The second kappa shape index (κ2) is 8.76. The molecule has 0 saturated carbocycles. The molecule has 0 spiro atoms. The Morgan fingerprint density at radius 2 is 1.93 bits per heavy atom. The summed E-state index contributed by atoms with van der Waals surface area (Å²) in [5.74, 6) is 1.85. The van der Waals surface area contributed by atoms with Crippen LogP contribution in [0.4, 0.5) is 0 Å². The zero-order valence-corrected chi connectivity index (χ0v) is 17.0. The second-order valence-electron chi connectivity index (χ2n) is 7.51. The van der Waals surface area contributed by atoms with Crippen molar-refractivity contribution in [3.63, 3.8) is 0 Å². The van der Waals surface area contributed by atoms with Gasteiger partial charge in [0.1, 0.15) is 11.3 Å². The van der Waals surface area contributed by atoms with E-state index in [1.54, 1.807) is 0 Å². The third-order valence-corrected chi connectivity index (χ3v) is 5.46. The first-order valence-corrected chi connectivity index (χ1v) is 9.76. The van der Waals surface area contributed by atoms with Crippen molar-refractivity contribution < 1.29 is 9.15 Å². The zero-order chi connectivity index (χ0) is 19.3. The first-order valence-electron chi connectivity index (χ1n) is 9.76. The van der Waals surface area contributed by atoms with E-state index >= 15 is 0 Å². The van der Waals surface area contributed by atoms with Gasteiger partial charge in [0.15, 0.2) is 5.96 Å². The number of nitrogens with one attached hydrogen (secondary N) is 1. The molecular weight excluding hydrogens is 340 g/mol. The van der Waals surface area contributed by atoms with Crippen LogP contribution in [0.1, 0.15) is 25.5 Å². The van der Waals surface area contributed by atoms with Gasteiger partial charge in [-0.05, 0) is 46.0 Å². The molecule has 148 valence electrons. The molecule has 1 fully saturated rings. The van der Waals surface area contributed by atoms with E-state index in [0.29, 0.717) is 6.54 Å². The molecular formula is C21H32N4O2. The van der Waals surface area contributed by atoms with Crippen molar-refractivity contribution in [3.8, 4) is 0 Å². The molecule has 1 aliphatic rings. The van der Waals surface area contributed by atoms with Gasteiger partial charge in [-0.3, -0.25) is 4.99 Å². The molecule has 2 aromatic rings. The predicted molar refractivity (Wildman–Crippen MR) is 110 cm³/mol. The molecule has 1 aromatic carbocycles. The molecule has 2 heterocycles. The van der Waals surface area contributed by atoms with Crippen LogP contribution in [0.2, 0.25) is 0 Å². The summed E-state index contributed by atoms with van der Waals surface area (Å²) in [6.45, 7) is 5.98. The molecule has 1 saturated heterocycles. The average Bonchev–Trinajstić information content (AvgIpc) is 3.07. The highest BCUT2D eigenvalue weighted by molar-refractivity contribution is 5.80. The predicted octanol–water partition coefficient (Wildman–Crippen LogP) is 2.94. The minimum absolute atomic E-state index is 0.0686. The van der Waals surface area contributed by atoms with Crippen molar-refractivity contribution in [1.82, 2.24) is 15.1 Å². The van der Waals surface area contributed by atoms with E-state index in [9.17, 15) is 0 Å². The summed E-state index contributed by atoms with van der Waals surface area (Å²) in [5.41, 5.74) is 0.996. The number of guanidine groups is 1. The lowest BCUT2D eigenvalue weighted by Gasteiger charge is -2.42. The smallest absolute Gasteiger partial charge is 0.194 e. The van der Waals surface area contributed by atoms with Crippen molar-refractivity contribution >= 4 is 16.9 Å². The highest BCUT2D eigenvalue weighted by atomic mass is 16.5. The van der Waals surface area contributed by atoms with Crippen molar-refractivity contribution in [2.24, 2.45) is 4.99 Å². The maximum absolute atomic E-state index is 5.97. The lowest BCUT2D eigenvalue weighted by atomic mass is 9.89. The van der Waals surface area contributed by atoms with Crippen molar-refractivity contribution in [1.29, 1.82) is 0 Å². The Bertz CT molecular complexity index is 729. The first-order chi connectivity index (χ1) is 13.0. The fraction of sp³-hybridized carbons (Fsp3) is 0.571. The van der Waals surface area contributed by atoms with Gasteiger partial charge in [-0.15, -0.1) is 0 Å². The molecule has 0 atom stereocenters. The molecule has 0 aliphatic carbocycles. The zero-order valence-electron chi connectivity index (χ0n) is 17.0. The van der Waals surface area contributed by atoms with Crippen LogP contribution in [-0.4, -0.2) is 68.7 Å². The number of rotatable bonds is 6. The Morgan fingerprint density at radius 1 is 1.19 bits per heavy atom. The van der Waals surface area contributed by atoms with E-state index in [-0.39, 0.29) is 5.54 Å². The molecule has 0 bridgehead atoms. The Morgan fingerprint density at radius 3 is 2.59 bits per heavy atom. The minimum Gasteiger partial charge on any atom is -0.459 e. The van der Waals surface area contributed by atoms with E-state index in [1.165, 1.54) is 0 Å². The van der Waals surface area contributed by atoms with Crippen molar-refractivity contribution in [3.05, 3.63) is 36.1 Å². The van der Waals surface area contributed by atoms with Crippen LogP contribution in [0.5, 0.6) is 0 Å². The molecule has 27 heavy (non-hydrogen) atoms. The number of para-hydroxylation sites is 1. The minimum atomic E-state index is 0.0686. The van der Waals surface area contributed by atoms with Crippen LogP contribution >= 0.6 is 0 Å². The summed E-state index contributed by atoms with van der Waals surface area (Å²) in [6, 6.07) is 10.2. The molecule has 0 unspecified atom stereocenters. The molecule has 6 heteroatoms. The molecule has 1 aromatic heterocycles. The van der Waals surface area contributed by atoms with Crippen LogP contribution in [0.3, 0.4) is 0 Å². The first kappa shape index (κ1) is 19.7. The Kier molecular flexibility index (Phi) is 6.39. The number of likely N-dealkylation sites (N-methyl/N-ethyl adjacent to an activating group) is 1. The summed E-state index contributed by atoms with van der Waals surface area (Å²) in [6.07, 6.45) is 2.02. The third-order valence-electron chi connectivity index (χ3n) is 5.46. The van der Waals surface area contributed by atoms with E-state index in [2.05, 4.69) is 55.3 Å². The van der Waals surface area contributed by atoms with Gasteiger partial charge in [0.25, 0.3) is 0 Å². The standard InChI is InChI=1S/C21H32N4O2/c1-5-22-20(23-16-21(24(2)3)10-12-26-13-11-21)25(4)15-18-14-17-8-6-7-9-19(17)27-18/h6-9,14H,5,10-13,15-16H2,1-4H3,(H,22,23). The Balaban J connectivity index is 1.73. The van der Waals surface area contributed by atoms with Crippen LogP contribution in [0.25, 0.3) is 11.0 Å². The molecule has 0 amide bonds. The van der Waals surface area contributed by atoms with Gasteiger partial charge in [0.2, 0.25) is 0 Å². The van der Waals surface area contributed by atoms with Gasteiger partial charge in [-0.2, -0.15) is 0 Å². The fourth-order valence-electron chi connectivity index (χ4n) is 3.61. The number of nitrogens with zero attached hydrogens (tertiary/aromatic N) is 3. The molecule has 0 radical (unpaired) electrons. The van der Waals surface area contributed by atoms with Gasteiger partial charge >= 0.3 is 0 Å². The number of fused-ring (bicyclic) bond motifs is 1. The summed E-state index contributed by atoms with van der Waals surface area (Å²) in [7, 11) is 6.35. The van der Waals surface area contributed by atoms with E-state index in [1.807, 2.05) is 18.2 Å². The maximum Gasteiger partial charge on any atom is 0.194 e. The van der Waals surface area contributed by atoms with Gasteiger partial charge in [-0.25, -0.2) is 0 Å². The SMILES string of the molecule is CCNC(=NCC1(N(C)C)CCOCC1)N(C)Cc1cc2ccccc2o1. The average molecular weight is 373 g/mol. The molecule has 1 N–H and O–H groups in total. The lowest BCUT2D eigenvalue weighted by molar-refractivity contribution is -0.00263. The monoisotopic (exact) mass is 372 g/mol. The van der Waals surface area contributed by atoms with E-state index < -0.39 is 0 Å². The number of furan rings is 1. The van der Waals surface area contributed by atoms with Crippen LogP contribution in [-0.2, 0) is 11.3 Å². The normalized spacial score (nSPS) is 17.4. The Labute approximate surface area is 162 Å². The van der Waals surface area contributed by atoms with Crippen molar-refractivity contribution in [2.75, 3.05) is 47.4 Å². The van der Waals surface area contributed by atoms with Crippen LogP contribution in [0, 0.1) is 0 Å². The van der Waals surface area contributed by atoms with Crippen LogP contribution < -0.4 is 5.32 Å². The third kappa shape index (κ3) is 4.62. The summed E-state index contributed by atoms with van der Waals surface area (Å²) < 4.78 is 11.5. The van der Waals surface area contributed by atoms with Gasteiger partial charge in [0.05, 0.1) is 13.1 Å². The number of ether oxygens (including phenoxy) is 1. The Hall–Kier alpha value is -2.05. The molecule has 1 aliphatic heterocycles. The molecule has 6 nitrogen and oxygen atoms in total. The lowest BCUT2D eigenvalue weighted by Crippen LogP contribution is -2.51. The number of hydrogen-bond donors (Lipinski definition) is 1. The number of aliphatic imine (C=N–C) groups is 1. The maximum atomic E-state index is 5.97. The van der Waals surface area contributed by atoms with E-state index in [0.717, 1.165) is 61.8 Å². The highest BCUT2D eigenvalue weighted by Crippen LogP contribution is 2.26. The quantitative estimate of drug-likeness (QED) is 0.624. The topological polar surface area (TPSA) is 53.2 Å². The summed E-state index contributed by atoms with van der Waals surface area (Å²) >= 11 is 0. The number of benzene rings is 1. The van der Waals surface area contributed by atoms with Crippen LogP contribution in [0.15, 0.2) is 39.7 Å². The second-order valence-corrected chi connectivity index (χ2v) is 7.51. The van der Waals surface area contributed by atoms with Gasteiger partial charge in [0, 0.05) is 37.7 Å². The van der Waals surface area contributed by atoms with Gasteiger partial charge < -0.3 is 24.3 Å². The van der Waals surface area contributed by atoms with Gasteiger partial charge in [-0.1, -0.05) is 18.2 Å². The van der Waals surface area contributed by atoms with Crippen molar-refractivity contribution in [2.45, 2.75) is 31.8 Å². The number of hydrogen-bond acceptors (Lipinski definition) is 4. The van der Waals surface area contributed by atoms with E-state index in [4.69, 9.17) is 14.1 Å². The summed E-state index contributed by atoms with van der Waals surface area (Å²) in [4.78, 5) is 9.41.